The van der Waals surface area contributed by atoms with Crippen LogP contribution in [0.3, 0.4) is 0 Å². The van der Waals surface area contributed by atoms with E-state index in [2.05, 4.69) is 49.7 Å². The van der Waals surface area contributed by atoms with Crippen LogP contribution in [-0.2, 0) is 17.9 Å². The summed E-state index contributed by atoms with van der Waals surface area (Å²) in [5.74, 6) is -2.46. The summed E-state index contributed by atoms with van der Waals surface area (Å²) in [6, 6.07) is 4.71. The molecule has 2 aliphatic rings. The van der Waals surface area contributed by atoms with Crippen LogP contribution in [0.1, 0.15) is 76.9 Å². The number of hydrogen-bond acceptors (Lipinski definition) is 8. The van der Waals surface area contributed by atoms with E-state index in [0.29, 0.717) is 36.7 Å². The molecule has 4 heterocycles. The van der Waals surface area contributed by atoms with Crippen LogP contribution in [0.15, 0.2) is 30.6 Å². The summed E-state index contributed by atoms with van der Waals surface area (Å²) in [5, 5.41) is 8.64. The number of halogens is 2. The van der Waals surface area contributed by atoms with Crippen molar-refractivity contribution >= 4 is 28.3 Å². The van der Waals surface area contributed by atoms with E-state index in [1.165, 1.54) is 15.6 Å². The lowest BCUT2D eigenvalue weighted by molar-refractivity contribution is -0.0712. The maximum absolute atomic E-state index is 14.1. The number of hydrogen-bond donors (Lipinski definition) is 1. The van der Waals surface area contributed by atoms with Crippen LogP contribution < -0.4 is 13.9 Å². The van der Waals surface area contributed by atoms with Gasteiger partial charge in [0.15, 0.2) is 5.82 Å². The highest BCUT2D eigenvalue weighted by Crippen LogP contribution is 2.56. The average Bonchev–Trinajstić information content (AvgIpc) is 3.27. The van der Waals surface area contributed by atoms with Gasteiger partial charge >= 0.3 is 0 Å². The molecule has 1 saturated carbocycles. The molecule has 1 saturated heterocycles. The molecule has 1 aliphatic heterocycles. The number of anilines is 2. The number of amides is 1. The first kappa shape index (κ1) is 31.9. The Morgan fingerprint density at radius 1 is 1.14 bits per heavy atom. The lowest BCUT2D eigenvalue weighted by atomic mass is 9.78. The van der Waals surface area contributed by atoms with E-state index in [1.54, 1.807) is 38.4 Å². The summed E-state index contributed by atoms with van der Waals surface area (Å²) in [7, 11) is -1.70. The van der Waals surface area contributed by atoms with E-state index < -0.39 is 33.7 Å². The Balaban J connectivity index is 1.54. The number of thiol groups is 1. The first-order valence-corrected chi connectivity index (χ1v) is 15.8. The third-order valence-electron chi connectivity index (χ3n) is 9.10. The fourth-order valence-corrected chi connectivity index (χ4v) is 6.53. The summed E-state index contributed by atoms with van der Waals surface area (Å²) < 4.78 is 62.4. The summed E-state index contributed by atoms with van der Waals surface area (Å²) >= 11 is 0. The van der Waals surface area contributed by atoms with Gasteiger partial charge in [-0.2, -0.15) is 5.10 Å². The van der Waals surface area contributed by atoms with Crippen molar-refractivity contribution in [1.82, 2.24) is 24.5 Å². The fourth-order valence-electron chi connectivity index (χ4n) is 5.90. The summed E-state index contributed by atoms with van der Waals surface area (Å²) in [5.41, 5.74) is -0.933. The molecule has 0 N–H and O–H groups in total. The molecule has 0 unspecified atom stereocenters. The molecule has 240 valence electrons. The highest BCUT2D eigenvalue weighted by atomic mass is 32.2. The van der Waals surface area contributed by atoms with Crippen molar-refractivity contribution < 1.29 is 26.7 Å². The SMILES string of the molecule is Cc1nn(C)cc1N(C(=O)c1ccc(-n2ccc(OCC3(C(C)(F)F)CC3)n2)nc1N1C[C@@H](C(C)(C)C)CC1(C)C)[SH](=O)=O. The second-order valence-electron chi connectivity index (χ2n) is 13.9. The fraction of sp³-hybridized carbons (Fsp3) is 0.600. The molecule has 0 aromatic carbocycles. The van der Waals surface area contributed by atoms with Crippen LogP contribution in [0.5, 0.6) is 5.88 Å². The number of aryl methyl sites for hydroxylation is 2. The molecule has 1 amide bonds. The summed E-state index contributed by atoms with van der Waals surface area (Å²) in [4.78, 5) is 21.0. The molecular weight excluding hydrogens is 592 g/mol. The van der Waals surface area contributed by atoms with Gasteiger partial charge in [-0.1, -0.05) is 20.8 Å². The Labute approximate surface area is 258 Å². The molecule has 11 nitrogen and oxygen atoms in total. The minimum absolute atomic E-state index is 0.0204. The summed E-state index contributed by atoms with van der Waals surface area (Å²) in [6.07, 6.45) is 4.72. The van der Waals surface area contributed by atoms with Crippen LogP contribution in [0.25, 0.3) is 5.82 Å². The first-order valence-electron chi connectivity index (χ1n) is 14.7. The lowest BCUT2D eigenvalue weighted by Gasteiger charge is -2.34. The number of pyridine rings is 1. The number of aromatic nitrogens is 5. The Hall–Kier alpha value is -3.55. The quantitative estimate of drug-likeness (QED) is 0.330. The van der Waals surface area contributed by atoms with Gasteiger partial charge in [0, 0.05) is 44.5 Å². The van der Waals surface area contributed by atoms with E-state index in [4.69, 9.17) is 9.72 Å². The molecule has 3 aromatic rings. The number of nitrogens with zero attached hydrogens (tertiary/aromatic N) is 7. The van der Waals surface area contributed by atoms with Crippen molar-refractivity contribution in [3.8, 4) is 11.7 Å². The Bertz CT molecular complexity index is 1640. The van der Waals surface area contributed by atoms with Crippen molar-refractivity contribution in [1.29, 1.82) is 0 Å². The number of carbonyl (C=O) groups excluding carboxylic acids is 1. The average molecular weight is 634 g/mol. The largest absolute Gasteiger partial charge is 0.476 e. The van der Waals surface area contributed by atoms with Gasteiger partial charge in [-0.15, -0.1) is 5.10 Å². The Morgan fingerprint density at radius 2 is 1.82 bits per heavy atom. The molecule has 0 spiro atoms. The number of alkyl halides is 2. The second kappa shape index (κ2) is 10.8. The standard InChI is InChI=1S/C30H41F2N7O4S/c1-19-22(17-36(8)34-19)39(44(41)42)26(40)21-9-10-23(33-25(21)37-16-20(27(2,3)4)15-28(37,5)6)38-14-11-24(35-38)43-18-30(12-13-30)29(7,31)32/h9-11,14,17,20,44H,12-13,15-16,18H2,1-8H3/t20-/m0/s1. The lowest BCUT2D eigenvalue weighted by Crippen LogP contribution is -2.41. The Kier molecular flexibility index (Phi) is 7.83. The smallest absolute Gasteiger partial charge is 0.275 e. The monoisotopic (exact) mass is 633 g/mol. The topological polar surface area (TPSA) is 115 Å². The number of ether oxygens (including phenoxy) is 1. The molecule has 0 bridgehead atoms. The highest BCUT2D eigenvalue weighted by Gasteiger charge is 2.59. The van der Waals surface area contributed by atoms with Crippen LogP contribution in [-0.4, -0.2) is 63.5 Å². The van der Waals surface area contributed by atoms with Crippen molar-refractivity contribution in [2.45, 2.75) is 79.2 Å². The van der Waals surface area contributed by atoms with Crippen molar-refractivity contribution in [3.63, 3.8) is 0 Å². The van der Waals surface area contributed by atoms with E-state index in [-0.39, 0.29) is 35.1 Å². The maximum Gasteiger partial charge on any atom is 0.275 e. The van der Waals surface area contributed by atoms with Crippen LogP contribution in [0, 0.1) is 23.7 Å². The normalized spacial score (nSPS) is 19.4. The van der Waals surface area contributed by atoms with Crippen molar-refractivity contribution in [2.24, 2.45) is 23.8 Å². The molecule has 44 heavy (non-hydrogen) atoms. The molecule has 5 rings (SSSR count). The molecule has 1 aliphatic carbocycles. The van der Waals surface area contributed by atoms with Crippen molar-refractivity contribution in [3.05, 3.63) is 41.9 Å². The predicted octanol–water partition coefficient (Wildman–Crippen LogP) is 4.95. The minimum atomic E-state index is -3.35. The zero-order chi connectivity index (χ0) is 32.4. The zero-order valence-electron chi connectivity index (χ0n) is 26.5. The molecular formula is C30H41F2N7O4S. The first-order chi connectivity index (χ1) is 20.3. The molecule has 14 heteroatoms. The van der Waals surface area contributed by atoms with Gasteiger partial charge in [0.2, 0.25) is 16.8 Å². The van der Waals surface area contributed by atoms with Crippen molar-refractivity contribution in [2.75, 3.05) is 22.4 Å². The predicted molar refractivity (Wildman–Crippen MR) is 163 cm³/mol. The number of rotatable bonds is 9. The van der Waals surface area contributed by atoms with Gasteiger partial charge in [-0.3, -0.25) is 9.48 Å². The Morgan fingerprint density at radius 3 is 2.34 bits per heavy atom. The highest BCUT2D eigenvalue weighted by molar-refractivity contribution is 7.75. The van der Waals surface area contributed by atoms with Gasteiger partial charge in [-0.05, 0) is 63.5 Å². The third-order valence-corrected chi connectivity index (χ3v) is 9.83. The van der Waals surface area contributed by atoms with Crippen LogP contribution in [0.4, 0.5) is 20.3 Å². The van der Waals surface area contributed by atoms with E-state index in [9.17, 15) is 22.0 Å². The molecule has 3 aromatic heterocycles. The second-order valence-corrected chi connectivity index (χ2v) is 14.8. The molecule has 0 radical (unpaired) electrons. The molecule has 2 fully saturated rings. The van der Waals surface area contributed by atoms with Crippen LogP contribution >= 0.6 is 0 Å². The van der Waals surface area contributed by atoms with Gasteiger partial charge in [-0.25, -0.2) is 31.2 Å². The van der Waals surface area contributed by atoms with Gasteiger partial charge < -0.3 is 9.64 Å². The summed E-state index contributed by atoms with van der Waals surface area (Å²) in [6.45, 7) is 13.7. The van der Waals surface area contributed by atoms with E-state index in [0.717, 1.165) is 17.6 Å². The number of carbonyl (C=O) groups is 1. The van der Waals surface area contributed by atoms with Gasteiger partial charge in [0.25, 0.3) is 11.8 Å². The van der Waals surface area contributed by atoms with Gasteiger partial charge in [0.05, 0.1) is 16.7 Å². The molecule has 1 atom stereocenters. The van der Waals surface area contributed by atoms with E-state index in [1.807, 2.05) is 0 Å². The van der Waals surface area contributed by atoms with Gasteiger partial charge in [0.1, 0.15) is 18.1 Å². The maximum atomic E-state index is 14.1. The third kappa shape index (κ3) is 5.92. The zero-order valence-corrected chi connectivity index (χ0v) is 27.4. The minimum Gasteiger partial charge on any atom is -0.476 e. The van der Waals surface area contributed by atoms with Crippen LogP contribution in [0.2, 0.25) is 0 Å². The van der Waals surface area contributed by atoms with E-state index >= 15 is 0 Å².